The first-order valence-electron chi connectivity index (χ1n) is 8.90. The molecule has 146 valence electrons. The first-order chi connectivity index (χ1) is 13.4. The minimum absolute atomic E-state index is 0.133. The summed E-state index contributed by atoms with van der Waals surface area (Å²) in [6.07, 6.45) is 3.14. The van der Waals surface area contributed by atoms with Crippen LogP contribution in [0.4, 0.5) is 0 Å². The Morgan fingerprint density at radius 1 is 1.21 bits per heavy atom. The quantitative estimate of drug-likeness (QED) is 0.448. The summed E-state index contributed by atoms with van der Waals surface area (Å²) in [5, 5.41) is 9.12. The zero-order chi connectivity index (χ0) is 20.3. The standard InChI is InChI=1S/C21H22ClN3O3/c1-13-18(9-10-21(26)27-12-19-14(2)24-28-16(19)4)15(3)25(23-13)11-17-7-5-6-8-20(17)22/h5-10H,11-12H2,1-4H3. The van der Waals surface area contributed by atoms with Crippen molar-refractivity contribution >= 4 is 23.6 Å². The number of benzene rings is 1. The number of aryl methyl sites for hydroxylation is 3. The fourth-order valence-corrected chi connectivity index (χ4v) is 3.14. The average molecular weight is 400 g/mol. The number of halogens is 1. The fourth-order valence-electron chi connectivity index (χ4n) is 2.94. The van der Waals surface area contributed by atoms with Gasteiger partial charge in [-0.2, -0.15) is 5.10 Å². The molecular weight excluding hydrogens is 378 g/mol. The van der Waals surface area contributed by atoms with Crippen LogP contribution in [0.25, 0.3) is 6.08 Å². The summed E-state index contributed by atoms with van der Waals surface area (Å²) in [5.41, 5.74) is 5.18. The lowest BCUT2D eigenvalue weighted by Gasteiger charge is -2.06. The molecular formula is C21H22ClN3O3. The van der Waals surface area contributed by atoms with Crippen LogP contribution in [0.1, 0.15) is 39.5 Å². The zero-order valence-electron chi connectivity index (χ0n) is 16.3. The maximum atomic E-state index is 12.1. The van der Waals surface area contributed by atoms with Crippen molar-refractivity contribution in [3.05, 3.63) is 74.9 Å². The molecule has 0 spiro atoms. The van der Waals surface area contributed by atoms with Gasteiger partial charge in [-0.25, -0.2) is 4.79 Å². The van der Waals surface area contributed by atoms with Crippen LogP contribution in [0.15, 0.2) is 34.9 Å². The first kappa shape index (κ1) is 19.9. The minimum atomic E-state index is -0.433. The molecule has 0 bridgehead atoms. The van der Waals surface area contributed by atoms with Gasteiger partial charge in [-0.3, -0.25) is 4.68 Å². The van der Waals surface area contributed by atoms with Gasteiger partial charge in [-0.15, -0.1) is 0 Å². The second-order valence-electron chi connectivity index (χ2n) is 6.58. The molecule has 28 heavy (non-hydrogen) atoms. The summed E-state index contributed by atoms with van der Waals surface area (Å²) in [6, 6.07) is 7.68. The van der Waals surface area contributed by atoms with E-state index >= 15 is 0 Å². The summed E-state index contributed by atoms with van der Waals surface area (Å²) in [6.45, 7) is 8.18. The van der Waals surface area contributed by atoms with E-state index in [4.69, 9.17) is 20.9 Å². The van der Waals surface area contributed by atoms with Gasteiger partial charge in [-0.05, 0) is 45.4 Å². The van der Waals surface area contributed by atoms with E-state index in [1.807, 2.05) is 49.7 Å². The van der Waals surface area contributed by atoms with Gasteiger partial charge in [0.15, 0.2) is 0 Å². The molecule has 0 unspecified atom stereocenters. The zero-order valence-corrected chi connectivity index (χ0v) is 17.1. The molecule has 2 heterocycles. The van der Waals surface area contributed by atoms with Crippen LogP contribution in [-0.4, -0.2) is 20.9 Å². The molecule has 0 N–H and O–H groups in total. The molecule has 3 aromatic rings. The van der Waals surface area contributed by atoms with E-state index < -0.39 is 5.97 Å². The average Bonchev–Trinajstić information content (AvgIpc) is 3.12. The van der Waals surface area contributed by atoms with E-state index in [0.29, 0.717) is 17.3 Å². The topological polar surface area (TPSA) is 70.2 Å². The molecule has 0 saturated heterocycles. The molecule has 0 aliphatic rings. The van der Waals surface area contributed by atoms with Crippen LogP contribution >= 0.6 is 11.6 Å². The first-order valence-corrected chi connectivity index (χ1v) is 9.28. The Morgan fingerprint density at radius 3 is 2.64 bits per heavy atom. The van der Waals surface area contributed by atoms with Crippen LogP contribution in [0.2, 0.25) is 5.02 Å². The highest BCUT2D eigenvalue weighted by Crippen LogP contribution is 2.20. The van der Waals surface area contributed by atoms with E-state index in [1.54, 1.807) is 13.0 Å². The van der Waals surface area contributed by atoms with E-state index in [-0.39, 0.29) is 6.61 Å². The molecule has 1 aromatic carbocycles. The minimum Gasteiger partial charge on any atom is -0.457 e. The van der Waals surface area contributed by atoms with E-state index in [0.717, 1.165) is 33.8 Å². The maximum absolute atomic E-state index is 12.1. The Labute approximate surface area is 168 Å². The predicted octanol–water partition coefficient (Wildman–Crippen LogP) is 4.56. The van der Waals surface area contributed by atoms with Crippen LogP contribution < -0.4 is 0 Å². The van der Waals surface area contributed by atoms with Crippen LogP contribution in [0.5, 0.6) is 0 Å². The predicted molar refractivity (Wildman–Crippen MR) is 107 cm³/mol. The number of esters is 1. The SMILES string of the molecule is Cc1nn(Cc2ccccc2Cl)c(C)c1C=CC(=O)OCc1c(C)noc1C. The number of nitrogens with zero attached hydrogens (tertiary/aromatic N) is 3. The largest absolute Gasteiger partial charge is 0.457 e. The number of aromatic nitrogens is 3. The number of ether oxygens (including phenoxy) is 1. The molecule has 0 saturated carbocycles. The summed E-state index contributed by atoms with van der Waals surface area (Å²) >= 11 is 6.25. The van der Waals surface area contributed by atoms with Crippen molar-refractivity contribution in [1.29, 1.82) is 0 Å². The molecule has 0 aliphatic carbocycles. The highest BCUT2D eigenvalue weighted by atomic mass is 35.5. The number of rotatable bonds is 6. The normalized spacial score (nSPS) is 11.3. The Kier molecular flexibility index (Phi) is 5.99. The van der Waals surface area contributed by atoms with Gasteiger partial charge < -0.3 is 9.26 Å². The summed E-state index contributed by atoms with van der Waals surface area (Å²) in [4.78, 5) is 12.1. The third kappa shape index (κ3) is 4.34. The summed E-state index contributed by atoms with van der Waals surface area (Å²) in [7, 11) is 0. The van der Waals surface area contributed by atoms with Gasteiger partial charge in [0.2, 0.25) is 0 Å². The third-order valence-electron chi connectivity index (χ3n) is 4.64. The molecule has 6 nitrogen and oxygen atoms in total. The van der Waals surface area contributed by atoms with Gasteiger partial charge in [0.1, 0.15) is 12.4 Å². The fraction of sp³-hybridized carbons (Fsp3) is 0.286. The Balaban J connectivity index is 1.69. The van der Waals surface area contributed by atoms with E-state index in [1.165, 1.54) is 6.08 Å². The van der Waals surface area contributed by atoms with Crippen molar-refractivity contribution in [2.45, 2.75) is 40.8 Å². The summed E-state index contributed by atoms with van der Waals surface area (Å²) in [5.74, 6) is 0.222. The number of hydrogen-bond donors (Lipinski definition) is 0. The number of hydrogen-bond acceptors (Lipinski definition) is 5. The van der Waals surface area contributed by atoms with Gasteiger partial charge in [0.25, 0.3) is 0 Å². The monoisotopic (exact) mass is 399 g/mol. The lowest BCUT2D eigenvalue weighted by molar-refractivity contribution is -0.138. The van der Waals surface area contributed by atoms with Crippen molar-refractivity contribution in [2.75, 3.05) is 0 Å². The van der Waals surface area contributed by atoms with Gasteiger partial charge in [0, 0.05) is 22.4 Å². The molecule has 0 amide bonds. The van der Waals surface area contributed by atoms with Crippen molar-refractivity contribution in [1.82, 2.24) is 14.9 Å². The van der Waals surface area contributed by atoms with Crippen LogP contribution in [0.3, 0.4) is 0 Å². The van der Waals surface area contributed by atoms with Crippen LogP contribution in [0, 0.1) is 27.7 Å². The van der Waals surface area contributed by atoms with Gasteiger partial charge in [0.05, 0.1) is 23.5 Å². The molecule has 7 heteroatoms. The van der Waals surface area contributed by atoms with Crippen molar-refractivity contribution in [3.63, 3.8) is 0 Å². The highest BCUT2D eigenvalue weighted by Gasteiger charge is 2.13. The Morgan fingerprint density at radius 2 is 1.96 bits per heavy atom. The van der Waals surface area contributed by atoms with Crippen LogP contribution in [-0.2, 0) is 22.7 Å². The second-order valence-corrected chi connectivity index (χ2v) is 6.98. The molecule has 3 rings (SSSR count). The summed E-state index contributed by atoms with van der Waals surface area (Å²) < 4.78 is 12.2. The highest BCUT2D eigenvalue weighted by molar-refractivity contribution is 6.31. The van der Waals surface area contributed by atoms with Crippen molar-refractivity contribution in [2.24, 2.45) is 0 Å². The van der Waals surface area contributed by atoms with E-state index in [2.05, 4.69) is 10.3 Å². The Hall–Kier alpha value is -2.86. The molecule has 0 radical (unpaired) electrons. The number of carbonyl (C=O) groups excluding carboxylic acids is 1. The smallest absolute Gasteiger partial charge is 0.331 e. The molecule has 0 fully saturated rings. The lowest BCUT2D eigenvalue weighted by Crippen LogP contribution is -2.04. The molecule has 0 aliphatic heterocycles. The third-order valence-corrected chi connectivity index (χ3v) is 5.01. The van der Waals surface area contributed by atoms with E-state index in [9.17, 15) is 4.79 Å². The second kappa shape index (κ2) is 8.44. The maximum Gasteiger partial charge on any atom is 0.331 e. The van der Waals surface area contributed by atoms with Crippen molar-refractivity contribution in [3.8, 4) is 0 Å². The molecule has 2 aromatic heterocycles. The Bertz CT molecular complexity index is 1010. The number of carbonyl (C=O) groups is 1. The van der Waals surface area contributed by atoms with Crippen molar-refractivity contribution < 1.29 is 14.1 Å². The van der Waals surface area contributed by atoms with Gasteiger partial charge >= 0.3 is 5.97 Å². The molecule has 0 atom stereocenters. The lowest BCUT2D eigenvalue weighted by atomic mass is 10.1. The van der Waals surface area contributed by atoms with Gasteiger partial charge in [-0.1, -0.05) is 35.0 Å².